The maximum atomic E-state index is 11.8. The lowest BCUT2D eigenvalue weighted by molar-refractivity contribution is -0.135. The molecule has 0 unspecified atom stereocenters. The number of nitrogens with zero attached hydrogens (tertiary/aromatic N) is 2. The number of nitrogens with one attached hydrogen (secondary N) is 1. The summed E-state index contributed by atoms with van der Waals surface area (Å²) in [7, 11) is 0. The standard InChI is InChI=1S/C13H27N3O/c1-5-7-16-10-9-15(11-12(16)17)8-6-14-13(2,3)4/h14H,5-11H2,1-4H3. The number of piperazine rings is 1. The molecule has 0 aliphatic carbocycles. The van der Waals surface area contributed by atoms with Crippen LogP contribution in [0.5, 0.6) is 0 Å². The number of amides is 1. The van der Waals surface area contributed by atoms with Crippen molar-refractivity contribution in [3.63, 3.8) is 0 Å². The number of hydrogen-bond donors (Lipinski definition) is 1. The van der Waals surface area contributed by atoms with Crippen LogP contribution in [0.15, 0.2) is 0 Å². The van der Waals surface area contributed by atoms with Gasteiger partial charge in [-0.15, -0.1) is 0 Å². The predicted octanol–water partition coefficient (Wildman–Crippen LogP) is 0.929. The van der Waals surface area contributed by atoms with E-state index in [1.165, 1.54) is 0 Å². The molecule has 1 fully saturated rings. The monoisotopic (exact) mass is 241 g/mol. The van der Waals surface area contributed by atoms with Crippen molar-refractivity contribution < 1.29 is 4.79 Å². The molecule has 0 aromatic heterocycles. The maximum absolute atomic E-state index is 11.8. The topological polar surface area (TPSA) is 35.6 Å². The van der Waals surface area contributed by atoms with Gasteiger partial charge in [-0.2, -0.15) is 0 Å². The van der Waals surface area contributed by atoms with Crippen molar-refractivity contribution in [3.8, 4) is 0 Å². The summed E-state index contributed by atoms with van der Waals surface area (Å²) >= 11 is 0. The van der Waals surface area contributed by atoms with Gasteiger partial charge >= 0.3 is 0 Å². The van der Waals surface area contributed by atoms with Crippen molar-refractivity contribution in [3.05, 3.63) is 0 Å². The van der Waals surface area contributed by atoms with Crippen LogP contribution >= 0.6 is 0 Å². The molecule has 1 aliphatic rings. The van der Waals surface area contributed by atoms with Crippen LogP contribution in [0.1, 0.15) is 34.1 Å². The van der Waals surface area contributed by atoms with Gasteiger partial charge in [-0.1, -0.05) is 6.92 Å². The van der Waals surface area contributed by atoms with E-state index in [4.69, 9.17) is 0 Å². The third-order valence-corrected chi connectivity index (χ3v) is 2.97. The summed E-state index contributed by atoms with van der Waals surface area (Å²) in [4.78, 5) is 16.0. The summed E-state index contributed by atoms with van der Waals surface area (Å²) in [5.74, 6) is 0.286. The Bertz CT molecular complexity index is 248. The van der Waals surface area contributed by atoms with Crippen LogP contribution in [0.4, 0.5) is 0 Å². The average molecular weight is 241 g/mol. The second kappa shape index (κ2) is 6.36. The summed E-state index contributed by atoms with van der Waals surface area (Å²) in [6.07, 6.45) is 1.05. The van der Waals surface area contributed by atoms with Crippen LogP contribution in [-0.4, -0.2) is 60.5 Å². The fraction of sp³-hybridized carbons (Fsp3) is 0.923. The lowest BCUT2D eigenvalue weighted by Gasteiger charge is -2.34. The van der Waals surface area contributed by atoms with Crippen molar-refractivity contribution in [1.29, 1.82) is 0 Å². The van der Waals surface area contributed by atoms with E-state index in [9.17, 15) is 4.79 Å². The summed E-state index contributed by atoms with van der Waals surface area (Å²) in [6.45, 7) is 13.9. The zero-order chi connectivity index (χ0) is 12.9. The molecule has 0 spiro atoms. The van der Waals surface area contributed by atoms with E-state index in [1.807, 2.05) is 4.90 Å². The van der Waals surface area contributed by atoms with E-state index in [0.717, 1.165) is 39.1 Å². The van der Waals surface area contributed by atoms with Crippen LogP contribution in [-0.2, 0) is 4.79 Å². The molecule has 100 valence electrons. The summed E-state index contributed by atoms with van der Waals surface area (Å²) < 4.78 is 0. The normalized spacial score (nSPS) is 18.8. The number of hydrogen-bond acceptors (Lipinski definition) is 3. The quantitative estimate of drug-likeness (QED) is 0.778. The second-order valence-electron chi connectivity index (χ2n) is 5.83. The largest absolute Gasteiger partial charge is 0.340 e. The van der Waals surface area contributed by atoms with E-state index < -0.39 is 0 Å². The first-order valence-electron chi connectivity index (χ1n) is 6.67. The molecule has 1 rings (SSSR count). The Morgan fingerprint density at radius 3 is 2.47 bits per heavy atom. The molecular weight excluding hydrogens is 214 g/mol. The molecule has 0 aromatic carbocycles. The zero-order valence-electron chi connectivity index (χ0n) is 11.8. The lowest BCUT2D eigenvalue weighted by atomic mass is 10.1. The molecule has 0 atom stereocenters. The Balaban J connectivity index is 2.23. The summed E-state index contributed by atoms with van der Waals surface area (Å²) in [5, 5.41) is 3.45. The van der Waals surface area contributed by atoms with E-state index in [-0.39, 0.29) is 11.4 Å². The first-order valence-corrected chi connectivity index (χ1v) is 6.67. The van der Waals surface area contributed by atoms with E-state index in [2.05, 4.69) is 37.9 Å². The first kappa shape index (κ1) is 14.5. The predicted molar refractivity (Wildman–Crippen MR) is 71.1 cm³/mol. The fourth-order valence-electron chi connectivity index (χ4n) is 2.04. The van der Waals surface area contributed by atoms with Crippen molar-refractivity contribution in [2.24, 2.45) is 0 Å². The highest BCUT2D eigenvalue weighted by molar-refractivity contribution is 5.79. The van der Waals surface area contributed by atoms with Gasteiger partial charge in [-0.25, -0.2) is 0 Å². The molecule has 1 N–H and O–H groups in total. The fourth-order valence-corrected chi connectivity index (χ4v) is 2.04. The third-order valence-electron chi connectivity index (χ3n) is 2.97. The van der Waals surface area contributed by atoms with Crippen LogP contribution in [0, 0.1) is 0 Å². The van der Waals surface area contributed by atoms with Crippen molar-refractivity contribution in [2.45, 2.75) is 39.7 Å². The van der Waals surface area contributed by atoms with Crippen molar-refractivity contribution in [1.82, 2.24) is 15.1 Å². The Morgan fingerprint density at radius 1 is 1.24 bits per heavy atom. The average Bonchev–Trinajstić information content (AvgIpc) is 2.20. The molecule has 4 heteroatoms. The van der Waals surface area contributed by atoms with Gasteiger partial charge in [0.15, 0.2) is 0 Å². The van der Waals surface area contributed by atoms with Gasteiger partial charge in [0.25, 0.3) is 0 Å². The van der Waals surface area contributed by atoms with Crippen LogP contribution in [0.3, 0.4) is 0 Å². The van der Waals surface area contributed by atoms with Gasteiger partial charge in [0.1, 0.15) is 0 Å². The van der Waals surface area contributed by atoms with E-state index in [1.54, 1.807) is 0 Å². The van der Waals surface area contributed by atoms with Gasteiger partial charge in [0.05, 0.1) is 6.54 Å². The van der Waals surface area contributed by atoms with Gasteiger partial charge in [-0.05, 0) is 27.2 Å². The molecule has 4 nitrogen and oxygen atoms in total. The summed E-state index contributed by atoms with van der Waals surface area (Å²) in [6, 6.07) is 0. The Kier molecular flexibility index (Phi) is 5.40. The minimum atomic E-state index is 0.161. The van der Waals surface area contributed by atoms with E-state index >= 15 is 0 Å². The molecule has 1 aliphatic heterocycles. The zero-order valence-corrected chi connectivity index (χ0v) is 11.8. The number of carbonyl (C=O) groups is 1. The first-order chi connectivity index (χ1) is 7.92. The van der Waals surface area contributed by atoms with Crippen molar-refractivity contribution in [2.75, 3.05) is 39.3 Å². The molecular formula is C13H27N3O. The highest BCUT2D eigenvalue weighted by Crippen LogP contribution is 2.04. The maximum Gasteiger partial charge on any atom is 0.236 e. The highest BCUT2D eigenvalue weighted by Gasteiger charge is 2.22. The Hall–Kier alpha value is -0.610. The molecule has 0 radical (unpaired) electrons. The van der Waals surface area contributed by atoms with Crippen molar-refractivity contribution >= 4 is 5.91 Å². The SMILES string of the molecule is CCCN1CCN(CCNC(C)(C)C)CC1=O. The molecule has 1 heterocycles. The minimum absolute atomic E-state index is 0.161. The lowest BCUT2D eigenvalue weighted by Crippen LogP contribution is -2.52. The molecule has 0 aromatic rings. The van der Waals surface area contributed by atoms with Gasteiger partial charge in [0.2, 0.25) is 5.91 Å². The number of carbonyl (C=O) groups excluding carboxylic acids is 1. The third kappa shape index (κ3) is 5.50. The smallest absolute Gasteiger partial charge is 0.236 e. The number of rotatable bonds is 5. The highest BCUT2D eigenvalue weighted by atomic mass is 16.2. The Morgan fingerprint density at radius 2 is 1.94 bits per heavy atom. The molecule has 1 amide bonds. The summed E-state index contributed by atoms with van der Waals surface area (Å²) in [5.41, 5.74) is 0.161. The molecule has 1 saturated heterocycles. The molecule has 17 heavy (non-hydrogen) atoms. The van der Waals surface area contributed by atoms with Crippen LogP contribution in [0.2, 0.25) is 0 Å². The van der Waals surface area contributed by atoms with Crippen LogP contribution in [0.25, 0.3) is 0 Å². The Labute approximate surface area is 105 Å². The molecule has 0 bridgehead atoms. The van der Waals surface area contributed by atoms with Gasteiger partial charge in [-0.3, -0.25) is 9.69 Å². The van der Waals surface area contributed by atoms with Gasteiger partial charge in [0, 0.05) is 38.3 Å². The minimum Gasteiger partial charge on any atom is -0.340 e. The second-order valence-corrected chi connectivity index (χ2v) is 5.83. The molecule has 0 saturated carbocycles. The van der Waals surface area contributed by atoms with Gasteiger partial charge < -0.3 is 10.2 Å². The van der Waals surface area contributed by atoms with E-state index in [0.29, 0.717) is 6.54 Å². The van der Waals surface area contributed by atoms with Crippen LogP contribution < -0.4 is 5.32 Å².